The molecule has 0 spiro atoms. The number of carbonyl (C=O) groups is 1. The van der Waals surface area contributed by atoms with Gasteiger partial charge in [-0.25, -0.2) is 9.37 Å². The summed E-state index contributed by atoms with van der Waals surface area (Å²) in [5.41, 5.74) is 6.82. The van der Waals surface area contributed by atoms with E-state index in [0.717, 1.165) is 28.0 Å². The van der Waals surface area contributed by atoms with Crippen LogP contribution in [0, 0.1) is 13.8 Å². The Morgan fingerprint density at radius 2 is 1.97 bits per heavy atom. The van der Waals surface area contributed by atoms with Crippen molar-refractivity contribution in [3.8, 4) is 11.3 Å². The third-order valence-corrected chi connectivity index (χ3v) is 5.81. The average Bonchev–Trinajstić information content (AvgIpc) is 3.18. The fourth-order valence-electron chi connectivity index (χ4n) is 3.81. The van der Waals surface area contributed by atoms with E-state index < -0.39 is 0 Å². The van der Waals surface area contributed by atoms with E-state index in [2.05, 4.69) is 21.9 Å². The van der Waals surface area contributed by atoms with Gasteiger partial charge in [-0.1, -0.05) is 12.1 Å². The number of amides is 1. The van der Waals surface area contributed by atoms with E-state index >= 15 is 0 Å². The van der Waals surface area contributed by atoms with Crippen LogP contribution in [0.25, 0.3) is 11.3 Å². The molecule has 1 aromatic heterocycles. The molecule has 1 aliphatic heterocycles. The van der Waals surface area contributed by atoms with Crippen molar-refractivity contribution in [2.24, 2.45) is 4.99 Å². The Morgan fingerprint density at radius 1 is 1.16 bits per heavy atom. The van der Waals surface area contributed by atoms with Gasteiger partial charge in [0.25, 0.3) is 5.91 Å². The maximum absolute atomic E-state index is 13.7. The number of allylic oxidation sites excluding steroid dienone is 4. The first-order chi connectivity index (χ1) is 15.0. The minimum atomic E-state index is -0.234. The van der Waals surface area contributed by atoms with Crippen molar-refractivity contribution in [3.63, 3.8) is 0 Å². The van der Waals surface area contributed by atoms with E-state index in [9.17, 15) is 9.18 Å². The van der Waals surface area contributed by atoms with Crippen LogP contribution in [0.1, 0.15) is 41.4 Å². The summed E-state index contributed by atoms with van der Waals surface area (Å²) in [6, 6.07) is 6.03. The molecule has 0 saturated carbocycles. The van der Waals surface area contributed by atoms with Crippen LogP contribution in [-0.2, 0) is 0 Å². The molecule has 1 aliphatic carbocycles. The van der Waals surface area contributed by atoms with Gasteiger partial charge in [0.05, 0.1) is 5.71 Å². The van der Waals surface area contributed by atoms with Crippen LogP contribution < -0.4 is 0 Å². The van der Waals surface area contributed by atoms with E-state index in [1.165, 1.54) is 17.7 Å². The maximum atomic E-state index is 13.7. The van der Waals surface area contributed by atoms with Crippen LogP contribution in [0.4, 0.5) is 4.39 Å². The SMILES string of the molecule is CCN(CCC1=CN=C2CC=C(F)C=C12)C(=O)c1nccnc1-c1ccc(C)c(C)c1. The Kier molecular flexibility index (Phi) is 5.89. The molecule has 1 amide bonds. The molecule has 1 aromatic carbocycles. The molecule has 6 heteroatoms. The lowest BCUT2D eigenvalue weighted by atomic mass is 9.95. The van der Waals surface area contributed by atoms with Crippen LogP contribution in [-0.4, -0.2) is 39.6 Å². The van der Waals surface area contributed by atoms with Crippen molar-refractivity contribution in [2.45, 2.75) is 33.6 Å². The number of halogens is 1. The molecule has 2 aromatic rings. The second-order valence-electron chi connectivity index (χ2n) is 7.77. The van der Waals surface area contributed by atoms with Crippen LogP contribution >= 0.6 is 0 Å². The average molecular weight is 417 g/mol. The summed E-state index contributed by atoms with van der Waals surface area (Å²) in [7, 11) is 0. The molecule has 158 valence electrons. The van der Waals surface area contributed by atoms with Crippen molar-refractivity contribution in [1.82, 2.24) is 14.9 Å². The smallest absolute Gasteiger partial charge is 0.274 e. The number of hydrogen-bond acceptors (Lipinski definition) is 4. The maximum Gasteiger partial charge on any atom is 0.274 e. The summed E-state index contributed by atoms with van der Waals surface area (Å²) in [4.78, 5) is 28.3. The van der Waals surface area contributed by atoms with Crippen LogP contribution in [0.3, 0.4) is 0 Å². The minimum absolute atomic E-state index is 0.160. The predicted octanol–water partition coefficient (Wildman–Crippen LogP) is 5.13. The third kappa shape index (κ3) is 4.24. The number of nitrogens with zero attached hydrogens (tertiary/aromatic N) is 4. The van der Waals surface area contributed by atoms with Crippen molar-refractivity contribution in [2.75, 3.05) is 13.1 Å². The highest BCUT2D eigenvalue weighted by molar-refractivity contribution is 6.08. The van der Waals surface area contributed by atoms with E-state index in [0.29, 0.717) is 37.3 Å². The van der Waals surface area contributed by atoms with Gasteiger partial charge in [-0.05, 0) is 62.1 Å². The van der Waals surface area contributed by atoms with Gasteiger partial charge in [0.2, 0.25) is 0 Å². The molecular formula is C25H25FN4O. The molecule has 0 bridgehead atoms. The van der Waals surface area contributed by atoms with Gasteiger partial charge < -0.3 is 4.90 Å². The molecule has 0 unspecified atom stereocenters. The zero-order chi connectivity index (χ0) is 22.0. The Hall–Kier alpha value is -3.41. The minimum Gasteiger partial charge on any atom is -0.337 e. The first kappa shape index (κ1) is 20.8. The van der Waals surface area contributed by atoms with Crippen LogP contribution in [0.15, 0.2) is 70.9 Å². The van der Waals surface area contributed by atoms with Gasteiger partial charge in [0.1, 0.15) is 11.5 Å². The number of rotatable bonds is 6. The summed E-state index contributed by atoms with van der Waals surface area (Å²) in [5, 5.41) is 0. The monoisotopic (exact) mass is 416 g/mol. The second kappa shape index (κ2) is 8.76. The molecule has 0 saturated heterocycles. The lowest BCUT2D eigenvalue weighted by Gasteiger charge is -2.22. The number of aryl methyl sites for hydroxylation is 2. The molecule has 31 heavy (non-hydrogen) atoms. The van der Waals surface area contributed by atoms with E-state index in [-0.39, 0.29) is 11.7 Å². The van der Waals surface area contributed by atoms with E-state index in [1.54, 1.807) is 23.5 Å². The lowest BCUT2D eigenvalue weighted by Crippen LogP contribution is -2.33. The zero-order valence-electron chi connectivity index (χ0n) is 18.0. The molecule has 0 fully saturated rings. The molecule has 0 radical (unpaired) electrons. The van der Waals surface area contributed by atoms with Gasteiger partial charge in [-0.15, -0.1) is 0 Å². The van der Waals surface area contributed by atoms with Crippen LogP contribution in [0.5, 0.6) is 0 Å². The van der Waals surface area contributed by atoms with E-state index in [1.807, 2.05) is 32.0 Å². The normalized spacial score (nSPS) is 15.0. The first-order valence-corrected chi connectivity index (χ1v) is 10.5. The van der Waals surface area contributed by atoms with Gasteiger partial charge in [0, 0.05) is 49.2 Å². The third-order valence-electron chi connectivity index (χ3n) is 5.81. The fraction of sp³-hybridized carbons (Fsp3) is 0.280. The van der Waals surface area contributed by atoms with E-state index in [4.69, 9.17) is 0 Å². The fourth-order valence-corrected chi connectivity index (χ4v) is 3.81. The Morgan fingerprint density at radius 3 is 2.74 bits per heavy atom. The largest absolute Gasteiger partial charge is 0.337 e. The standard InChI is InChI=1S/C25H25FN4O/c1-4-30(12-9-19-15-29-22-8-7-20(26)14-21(19)22)25(31)24-23(27-10-11-28-24)18-6-5-16(2)17(3)13-18/h5-7,10-11,13-15H,4,8-9,12H2,1-3H3. The number of aliphatic imine (C=N–C) groups is 1. The molecule has 0 N–H and O–H groups in total. The quantitative estimate of drug-likeness (QED) is 0.656. The summed E-state index contributed by atoms with van der Waals surface area (Å²) < 4.78 is 13.7. The van der Waals surface area contributed by atoms with Crippen molar-refractivity contribution < 1.29 is 9.18 Å². The molecule has 5 nitrogen and oxygen atoms in total. The second-order valence-corrected chi connectivity index (χ2v) is 7.77. The van der Waals surface area contributed by atoms with Gasteiger partial charge in [0.15, 0.2) is 5.69 Å². The summed E-state index contributed by atoms with van der Waals surface area (Å²) in [6.07, 6.45) is 9.11. The molecule has 2 heterocycles. The van der Waals surface area contributed by atoms with Gasteiger partial charge in [-0.2, -0.15) is 0 Å². The van der Waals surface area contributed by atoms with Crippen molar-refractivity contribution in [1.29, 1.82) is 0 Å². The highest BCUT2D eigenvalue weighted by Gasteiger charge is 2.24. The Bertz CT molecular complexity index is 1160. The number of aromatic nitrogens is 2. The molecular weight excluding hydrogens is 391 g/mol. The number of carbonyl (C=O) groups excluding carboxylic acids is 1. The Balaban J connectivity index is 1.54. The molecule has 2 aliphatic rings. The number of fused-ring (bicyclic) bond motifs is 1. The summed E-state index contributed by atoms with van der Waals surface area (Å²) in [6.45, 7) is 7.07. The van der Waals surface area contributed by atoms with Gasteiger partial charge >= 0.3 is 0 Å². The topological polar surface area (TPSA) is 58.5 Å². The summed E-state index contributed by atoms with van der Waals surface area (Å²) in [5.74, 6) is -0.393. The summed E-state index contributed by atoms with van der Waals surface area (Å²) >= 11 is 0. The predicted molar refractivity (Wildman–Crippen MR) is 121 cm³/mol. The van der Waals surface area contributed by atoms with Crippen LogP contribution in [0.2, 0.25) is 0 Å². The Labute approximate surface area is 181 Å². The number of hydrogen-bond donors (Lipinski definition) is 0. The highest BCUT2D eigenvalue weighted by Crippen LogP contribution is 2.30. The van der Waals surface area contributed by atoms with Crippen molar-refractivity contribution in [3.05, 3.63) is 82.7 Å². The zero-order valence-corrected chi connectivity index (χ0v) is 18.0. The lowest BCUT2D eigenvalue weighted by molar-refractivity contribution is 0.0761. The molecule has 0 atom stereocenters. The van der Waals surface area contributed by atoms with Crippen molar-refractivity contribution >= 4 is 11.6 Å². The highest BCUT2D eigenvalue weighted by atomic mass is 19.1. The number of benzene rings is 1. The molecule has 4 rings (SSSR count). The first-order valence-electron chi connectivity index (χ1n) is 10.5. The van der Waals surface area contributed by atoms with Gasteiger partial charge in [-0.3, -0.25) is 14.8 Å².